The SMILES string of the molecule is Cc1nc(C)c(CCNC(=O)c2ccc(N3CCCC3)nc2)s1. The van der Waals surface area contributed by atoms with Crippen LogP contribution in [-0.2, 0) is 6.42 Å². The second-order valence-electron chi connectivity index (χ2n) is 5.85. The van der Waals surface area contributed by atoms with E-state index in [1.807, 2.05) is 26.0 Å². The van der Waals surface area contributed by atoms with E-state index < -0.39 is 0 Å². The zero-order valence-electron chi connectivity index (χ0n) is 13.6. The van der Waals surface area contributed by atoms with Gasteiger partial charge in [-0.25, -0.2) is 9.97 Å². The number of anilines is 1. The lowest BCUT2D eigenvalue weighted by atomic mass is 10.2. The number of nitrogens with one attached hydrogen (secondary N) is 1. The van der Waals surface area contributed by atoms with E-state index in [1.165, 1.54) is 17.7 Å². The van der Waals surface area contributed by atoms with Crippen LogP contribution >= 0.6 is 11.3 Å². The molecule has 1 aliphatic heterocycles. The van der Waals surface area contributed by atoms with E-state index in [9.17, 15) is 4.79 Å². The van der Waals surface area contributed by atoms with Gasteiger partial charge in [-0.05, 0) is 38.8 Å². The van der Waals surface area contributed by atoms with Crippen LogP contribution in [0.5, 0.6) is 0 Å². The van der Waals surface area contributed by atoms with Crippen molar-refractivity contribution in [3.05, 3.63) is 39.5 Å². The number of aromatic nitrogens is 2. The third-order valence-corrected chi connectivity index (χ3v) is 5.21. The molecule has 0 saturated carbocycles. The van der Waals surface area contributed by atoms with Crippen LogP contribution in [0.3, 0.4) is 0 Å². The number of carbonyl (C=O) groups excluding carboxylic acids is 1. The lowest BCUT2D eigenvalue weighted by molar-refractivity contribution is 0.0954. The number of hydrogen-bond donors (Lipinski definition) is 1. The fraction of sp³-hybridized carbons (Fsp3) is 0.471. The number of hydrogen-bond acceptors (Lipinski definition) is 5. The molecule has 3 rings (SSSR count). The van der Waals surface area contributed by atoms with Crippen molar-refractivity contribution in [1.82, 2.24) is 15.3 Å². The first-order chi connectivity index (χ1) is 11.1. The standard InChI is InChI=1S/C17H22N4OS/c1-12-15(23-13(2)20-12)7-8-18-17(22)14-5-6-16(19-11-14)21-9-3-4-10-21/h5-6,11H,3-4,7-10H2,1-2H3,(H,18,22). The first-order valence-electron chi connectivity index (χ1n) is 8.05. The minimum Gasteiger partial charge on any atom is -0.357 e. The maximum absolute atomic E-state index is 12.2. The molecule has 23 heavy (non-hydrogen) atoms. The minimum atomic E-state index is -0.0654. The molecule has 0 aliphatic carbocycles. The highest BCUT2D eigenvalue weighted by molar-refractivity contribution is 7.11. The molecule has 1 aliphatic rings. The smallest absolute Gasteiger partial charge is 0.252 e. The van der Waals surface area contributed by atoms with E-state index in [1.54, 1.807) is 17.5 Å². The Balaban J connectivity index is 1.52. The van der Waals surface area contributed by atoms with Crippen molar-refractivity contribution in [3.63, 3.8) is 0 Å². The van der Waals surface area contributed by atoms with Gasteiger partial charge in [-0.2, -0.15) is 0 Å². The van der Waals surface area contributed by atoms with Gasteiger partial charge in [-0.1, -0.05) is 0 Å². The van der Waals surface area contributed by atoms with Crippen molar-refractivity contribution < 1.29 is 4.79 Å². The second kappa shape index (κ2) is 7.08. The third kappa shape index (κ3) is 3.88. The number of thiazole rings is 1. The Labute approximate surface area is 140 Å². The molecule has 1 N–H and O–H groups in total. The van der Waals surface area contributed by atoms with Crippen LogP contribution in [0, 0.1) is 13.8 Å². The van der Waals surface area contributed by atoms with E-state index in [4.69, 9.17) is 0 Å². The molecule has 0 aromatic carbocycles. The Hall–Kier alpha value is -1.95. The second-order valence-corrected chi connectivity index (χ2v) is 7.13. The summed E-state index contributed by atoms with van der Waals surface area (Å²) in [6.45, 7) is 6.77. The van der Waals surface area contributed by atoms with Gasteiger partial charge in [0.2, 0.25) is 0 Å². The lowest BCUT2D eigenvalue weighted by Crippen LogP contribution is -2.26. The monoisotopic (exact) mass is 330 g/mol. The van der Waals surface area contributed by atoms with Crippen molar-refractivity contribution in [2.45, 2.75) is 33.1 Å². The number of amides is 1. The molecule has 6 heteroatoms. The Bertz CT molecular complexity index is 674. The Kier molecular flexibility index (Phi) is 4.91. The van der Waals surface area contributed by atoms with Crippen LogP contribution < -0.4 is 10.2 Å². The first-order valence-corrected chi connectivity index (χ1v) is 8.87. The average Bonchev–Trinajstić information content (AvgIpc) is 3.18. The summed E-state index contributed by atoms with van der Waals surface area (Å²) >= 11 is 1.70. The number of nitrogens with zero attached hydrogens (tertiary/aromatic N) is 3. The van der Waals surface area contributed by atoms with Crippen LogP contribution in [0.25, 0.3) is 0 Å². The fourth-order valence-corrected chi connectivity index (χ4v) is 3.79. The highest BCUT2D eigenvalue weighted by Gasteiger charge is 2.14. The average molecular weight is 330 g/mol. The van der Waals surface area contributed by atoms with Crippen molar-refractivity contribution in [2.24, 2.45) is 0 Å². The van der Waals surface area contributed by atoms with Gasteiger partial charge in [0.15, 0.2) is 0 Å². The largest absolute Gasteiger partial charge is 0.357 e. The molecule has 0 unspecified atom stereocenters. The summed E-state index contributed by atoms with van der Waals surface area (Å²) in [6.07, 6.45) is 4.94. The van der Waals surface area contributed by atoms with Gasteiger partial charge < -0.3 is 10.2 Å². The third-order valence-electron chi connectivity index (χ3n) is 4.08. The van der Waals surface area contributed by atoms with Crippen LogP contribution in [0.1, 0.15) is 38.8 Å². The summed E-state index contributed by atoms with van der Waals surface area (Å²) in [5.74, 6) is 0.902. The molecule has 0 bridgehead atoms. The van der Waals surface area contributed by atoms with E-state index >= 15 is 0 Å². The molecule has 3 heterocycles. The summed E-state index contributed by atoms with van der Waals surface area (Å²) in [6, 6.07) is 3.80. The summed E-state index contributed by atoms with van der Waals surface area (Å²) in [5, 5.41) is 4.03. The highest BCUT2D eigenvalue weighted by Crippen LogP contribution is 2.18. The van der Waals surface area contributed by atoms with Crippen LogP contribution in [0.4, 0.5) is 5.82 Å². The predicted molar refractivity (Wildman–Crippen MR) is 93.3 cm³/mol. The summed E-state index contributed by atoms with van der Waals surface area (Å²) in [7, 11) is 0. The summed E-state index contributed by atoms with van der Waals surface area (Å²) in [5.41, 5.74) is 1.68. The van der Waals surface area contributed by atoms with Gasteiger partial charge in [0.25, 0.3) is 5.91 Å². The van der Waals surface area contributed by atoms with Crippen LogP contribution in [0.15, 0.2) is 18.3 Å². The lowest BCUT2D eigenvalue weighted by Gasteiger charge is -2.16. The number of pyridine rings is 1. The van der Waals surface area contributed by atoms with E-state index in [2.05, 4.69) is 20.2 Å². The van der Waals surface area contributed by atoms with Gasteiger partial charge in [-0.3, -0.25) is 4.79 Å². The quantitative estimate of drug-likeness (QED) is 0.916. The Morgan fingerprint density at radius 1 is 1.30 bits per heavy atom. The molecule has 122 valence electrons. The number of aryl methyl sites for hydroxylation is 2. The molecule has 0 spiro atoms. The van der Waals surface area contributed by atoms with Crippen molar-refractivity contribution in [1.29, 1.82) is 0 Å². The Morgan fingerprint density at radius 3 is 2.70 bits per heavy atom. The first kappa shape index (κ1) is 15.9. The summed E-state index contributed by atoms with van der Waals surface area (Å²) in [4.78, 5) is 24.5. The minimum absolute atomic E-state index is 0.0654. The maximum Gasteiger partial charge on any atom is 0.252 e. The molecule has 2 aromatic heterocycles. The normalized spacial score (nSPS) is 14.3. The molecular weight excluding hydrogens is 308 g/mol. The molecule has 0 atom stereocenters. The Morgan fingerprint density at radius 2 is 2.09 bits per heavy atom. The molecule has 1 fully saturated rings. The zero-order valence-corrected chi connectivity index (χ0v) is 14.4. The zero-order chi connectivity index (χ0) is 16.2. The van der Waals surface area contributed by atoms with Gasteiger partial charge in [-0.15, -0.1) is 11.3 Å². The van der Waals surface area contributed by atoms with Crippen LogP contribution in [0.2, 0.25) is 0 Å². The van der Waals surface area contributed by atoms with Crippen molar-refractivity contribution in [2.75, 3.05) is 24.5 Å². The molecule has 1 saturated heterocycles. The van der Waals surface area contributed by atoms with Crippen molar-refractivity contribution >= 4 is 23.1 Å². The van der Waals surface area contributed by atoms with E-state index in [0.717, 1.165) is 36.0 Å². The molecular formula is C17H22N4OS. The van der Waals surface area contributed by atoms with Gasteiger partial charge in [0.1, 0.15) is 5.82 Å². The summed E-state index contributed by atoms with van der Waals surface area (Å²) < 4.78 is 0. The molecule has 2 aromatic rings. The van der Waals surface area contributed by atoms with Gasteiger partial charge in [0, 0.05) is 37.1 Å². The predicted octanol–water partition coefficient (Wildman–Crippen LogP) is 2.73. The number of rotatable bonds is 5. The van der Waals surface area contributed by atoms with Gasteiger partial charge >= 0.3 is 0 Å². The molecule has 1 amide bonds. The van der Waals surface area contributed by atoms with E-state index in [-0.39, 0.29) is 5.91 Å². The van der Waals surface area contributed by atoms with Crippen molar-refractivity contribution in [3.8, 4) is 0 Å². The highest BCUT2D eigenvalue weighted by atomic mass is 32.1. The topological polar surface area (TPSA) is 58.1 Å². The maximum atomic E-state index is 12.2. The van der Waals surface area contributed by atoms with Crippen LogP contribution in [-0.4, -0.2) is 35.5 Å². The number of carbonyl (C=O) groups is 1. The van der Waals surface area contributed by atoms with Gasteiger partial charge in [0.05, 0.1) is 16.3 Å². The fourth-order valence-electron chi connectivity index (χ4n) is 2.85. The van der Waals surface area contributed by atoms with E-state index in [0.29, 0.717) is 12.1 Å². The molecule has 0 radical (unpaired) electrons. The molecule has 5 nitrogen and oxygen atoms in total.